The predicted molar refractivity (Wildman–Crippen MR) is 76.3 cm³/mol. The van der Waals surface area contributed by atoms with Gasteiger partial charge in [-0.2, -0.15) is 0 Å². The molecule has 0 aromatic heterocycles. The van der Waals surface area contributed by atoms with Crippen molar-refractivity contribution in [3.8, 4) is 5.75 Å². The van der Waals surface area contributed by atoms with Crippen molar-refractivity contribution >= 4 is 0 Å². The van der Waals surface area contributed by atoms with Crippen molar-refractivity contribution in [1.29, 1.82) is 0 Å². The molecule has 1 atom stereocenters. The lowest BCUT2D eigenvalue weighted by Crippen LogP contribution is -2.35. The van der Waals surface area contributed by atoms with Crippen molar-refractivity contribution in [3.63, 3.8) is 0 Å². The van der Waals surface area contributed by atoms with E-state index in [2.05, 4.69) is 32.2 Å². The average Bonchev–Trinajstić information content (AvgIpc) is 2.33. The van der Waals surface area contributed by atoms with E-state index in [-0.39, 0.29) is 0 Å². The van der Waals surface area contributed by atoms with Gasteiger partial charge in [-0.05, 0) is 61.4 Å². The maximum atomic E-state index is 9.98. The van der Waals surface area contributed by atoms with Gasteiger partial charge < -0.3 is 10.4 Å². The topological polar surface area (TPSA) is 32.3 Å². The Morgan fingerprint density at radius 2 is 2.11 bits per heavy atom. The molecule has 100 valence electrons. The number of nitrogens with one attached hydrogen (secondary N) is 1. The smallest absolute Gasteiger partial charge is 0.119 e. The van der Waals surface area contributed by atoms with Crippen molar-refractivity contribution in [3.05, 3.63) is 28.8 Å². The summed E-state index contributed by atoms with van der Waals surface area (Å²) >= 11 is 0. The fraction of sp³-hybridized carbons (Fsp3) is 0.625. The van der Waals surface area contributed by atoms with Gasteiger partial charge in [-0.15, -0.1) is 0 Å². The van der Waals surface area contributed by atoms with E-state index in [9.17, 15) is 5.11 Å². The number of phenolic OH excluding ortho intramolecular Hbond substituents is 1. The largest absolute Gasteiger partial charge is 0.508 e. The molecule has 1 heterocycles. The maximum Gasteiger partial charge on any atom is 0.119 e. The quantitative estimate of drug-likeness (QED) is 0.856. The third-order valence-corrected chi connectivity index (χ3v) is 3.99. The van der Waals surface area contributed by atoms with Crippen LogP contribution >= 0.6 is 0 Å². The zero-order valence-electron chi connectivity index (χ0n) is 11.8. The second-order valence-electron chi connectivity index (χ2n) is 5.84. The zero-order chi connectivity index (χ0) is 13.1. The Morgan fingerprint density at radius 1 is 1.33 bits per heavy atom. The lowest BCUT2D eigenvalue weighted by Gasteiger charge is -2.24. The Labute approximate surface area is 110 Å². The van der Waals surface area contributed by atoms with Crippen LogP contribution in [0, 0.1) is 6.92 Å². The molecule has 0 radical (unpaired) electrons. The fourth-order valence-electron chi connectivity index (χ4n) is 2.80. The molecule has 1 unspecified atom stereocenters. The highest BCUT2D eigenvalue weighted by molar-refractivity contribution is 5.43. The summed E-state index contributed by atoms with van der Waals surface area (Å²) in [6.07, 6.45) is 5.01. The summed E-state index contributed by atoms with van der Waals surface area (Å²) in [5.74, 6) is 0.825. The molecule has 2 N–H and O–H groups in total. The van der Waals surface area contributed by atoms with Crippen LogP contribution < -0.4 is 5.32 Å². The number of piperidine rings is 1. The molecular formula is C16H25NO. The number of aryl methyl sites for hydroxylation is 1. The third-order valence-electron chi connectivity index (χ3n) is 3.99. The molecule has 1 saturated heterocycles. The summed E-state index contributed by atoms with van der Waals surface area (Å²) in [5.41, 5.74) is 3.67. The first kappa shape index (κ1) is 13.4. The highest BCUT2D eigenvalue weighted by atomic mass is 16.3. The second kappa shape index (κ2) is 5.75. The van der Waals surface area contributed by atoms with Crippen LogP contribution in [0.5, 0.6) is 5.75 Å². The third kappa shape index (κ3) is 3.05. The summed E-state index contributed by atoms with van der Waals surface area (Å²) in [6.45, 7) is 7.51. The SMILES string of the molecule is Cc1cc(O)c(C(C)C)cc1CC1CCCCN1. The Morgan fingerprint density at radius 3 is 2.72 bits per heavy atom. The molecule has 1 aliphatic rings. The van der Waals surface area contributed by atoms with Gasteiger partial charge in [0, 0.05) is 6.04 Å². The first-order valence-corrected chi connectivity index (χ1v) is 7.13. The molecule has 2 nitrogen and oxygen atoms in total. The Hall–Kier alpha value is -1.02. The fourth-order valence-corrected chi connectivity index (χ4v) is 2.80. The van der Waals surface area contributed by atoms with Gasteiger partial charge in [-0.3, -0.25) is 0 Å². The van der Waals surface area contributed by atoms with E-state index < -0.39 is 0 Å². The van der Waals surface area contributed by atoms with Gasteiger partial charge in [0.05, 0.1) is 0 Å². The number of aromatic hydroxyl groups is 1. The summed E-state index contributed by atoms with van der Waals surface area (Å²) in [5, 5.41) is 13.6. The number of hydrogen-bond donors (Lipinski definition) is 2. The maximum absolute atomic E-state index is 9.98. The van der Waals surface area contributed by atoms with E-state index in [0.717, 1.165) is 18.5 Å². The lowest BCUT2D eigenvalue weighted by molar-refractivity contribution is 0.398. The van der Waals surface area contributed by atoms with Crippen molar-refractivity contribution < 1.29 is 5.11 Å². The van der Waals surface area contributed by atoms with Gasteiger partial charge in [0.2, 0.25) is 0 Å². The van der Waals surface area contributed by atoms with Crippen LogP contribution in [-0.4, -0.2) is 17.7 Å². The Bertz CT molecular complexity index is 406. The average molecular weight is 247 g/mol. The molecule has 2 rings (SSSR count). The van der Waals surface area contributed by atoms with Crippen molar-refractivity contribution in [2.45, 2.75) is 58.4 Å². The van der Waals surface area contributed by atoms with E-state index in [0.29, 0.717) is 17.7 Å². The van der Waals surface area contributed by atoms with E-state index in [1.165, 1.54) is 30.4 Å². The van der Waals surface area contributed by atoms with E-state index in [1.807, 2.05) is 6.07 Å². The number of phenols is 1. The van der Waals surface area contributed by atoms with Gasteiger partial charge in [0.15, 0.2) is 0 Å². The molecule has 0 saturated carbocycles. The van der Waals surface area contributed by atoms with Gasteiger partial charge in [0.1, 0.15) is 5.75 Å². The minimum Gasteiger partial charge on any atom is -0.508 e. The Kier molecular flexibility index (Phi) is 4.28. The standard InChI is InChI=1S/C16H25NO/c1-11(2)15-10-13(12(3)8-16(15)18)9-14-6-4-5-7-17-14/h8,10-11,14,17-18H,4-7,9H2,1-3H3. The van der Waals surface area contributed by atoms with Crippen LogP contribution in [0.3, 0.4) is 0 Å². The first-order chi connectivity index (χ1) is 8.58. The van der Waals surface area contributed by atoms with Crippen LogP contribution in [0.4, 0.5) is 0 Å². The summed E-state index contributed by atoms with van der Waals surface area (Å²) < 4.78 is 0. The molecule has 1 aliphatic heterocycles. The first-order valence-electron chi connectivity index (χ1n) is 7.13. The highest BCUT2D eigenvalue weighted by Gasteiger charge is 2.16. The van der Waals surface area contributed by atoms with Gasteiger partial charge in [0.25, 0.3) is 0 Å². The lowest BCUT2D eigenvalue weighted by atomic mass is 9.91. The molecular weight excluding hydrogens is 222 g/mol. The van der Waals surface area contributed by atoms with Crippen LogP contribution in [-0.2, 0) is 6.42 Å². The Balaban J connectivity index is 2.18. The van der Waals surface area contributed by atoms with Crippen molar-refractivity contribution in [2.24, 2.45) is 0 Å². The van der Waals surface area contributed by atoms with E-state index in [1.54, 1.807) is 0 Å². The molecule has 1 fully saturated rings. The van der Waals surface area contributed by atoms with Crippen LogP contribution in [0.15, 0.2) is 12.1 Å². The summed E-state index contributed by atoms with van der Waals surface area (Å²) in [7, 11) is 0. The van der Waals surface area contributed by atoms with Crippen LogP contribution in [0.25, 0.3) is 0 Å². The van der Waals surface area contributed by atoms with E-state index >= 15 is 0 Å². The molecule has 0 bridgehead atoms. The summed E-state index contributed by atoms with van der Waals surface area (Å²) in [4.78, 5) is 0. The molecule has 0 amide bonds. The molecule has 18 heavy (non-hydrogen) atoms. The second-order valence-corrected chi connectivity index (χ2v) is 5.84. The molecule has 2 heteroatoms. The van der Waals surface area contributed by atoms with Gasteiger partial charge in [-0.25, -0.2) is 0 Å². The minimum atomic E-state index is 0.378. The minimum absolute atomic E-state index is 0.378. The number of rotatable bonds is 3. The number of benzene rings is 1. The van der Waals surface area contributed by atoms with Gasteiger partial charge >= 0.3 is 0 Å². The predicted octanol–water partition coefficient (Wildman–Crippen LogP) is 3.51. The van der Waals surface area contributed by atoms with Crippen LogP contribution in [0.1, 0.15) is 55.7 Å². The molecule has 0 spiro atoms. The normalized spacial score (nSPS) is 20.3. The number of hydrogen-bond acceptors (Lipinski definition) is 2. The molecule has 1 aromatic carbocycles. The zero-order valence-corrected chi connectivity index (χ0v) is 11.8. The monoisotopic (exact) mass is 247 g/mol. The van der Waals surface area contributed by atoms with Crippen LogP contribution in [0.2, 0.25) is 0 Å². The highest BCUT2D eigenvalue weighted by Crippen LogP contribution is 2.29. The van der Waals surface area contributed by atoms with Gasteiger partial charge in [-0.1, -0.05) is 26.3 Å². The summed E-state index contributed by atoms with van der Waals surface area (Å²) in [6, 6.07) is 4.74. The molecule has 1 aromatic rings. The molecule has 0 aliphatic carbocycles. The van der Waals surface area contributed by atoms with E-state index in [4.69, 9.17) is 0 Å². The van der Waals surface area contributed by atoms with Crippen molar-refractivity contribution in [1.82, 2.24) is 5.32 Å². The van der Waals surface area contributed by atoms with Crippen molar-refractivity contribution in [2.75, 3.05) is 6.54 Å².